The highest BCUT2D eigenvalue weighted by Crippen LogP contribution is 2.35. The van der Waals surface area contributed by atoms with Crippen LogP contribution in [-0.2, 0) is 0 Å². The molecule has 2 aromatic carbocycles. The number of ether oxygens (including phenoxy) is 1. The second-order valence-electron chi connectivity index (χ2n) is 10.6. The van der Waals surface area contributed by atoms with E-state index in [1.165, 1.54) is 38.8 Å². The zero-order valence-electron chi connectivity index (χ0n) is 22.4. The molecule has 39 heavy (non-hydrogen) atoms. The van der Waals surface area contributed by atoms with E-state index in [9.17, 15) is 5.11 Å². The molecule has 5 heterocycles. The number of phenols is 1. The molecule has 2 atom stereocenters. The number of benzene rings is 2. The molecule has 3 fully saturated rings. The summed E-state index contributed by atoms with van der Waals surface area (Å²) in [5, 5.41) is 16.4. The minimum absolute atomic E-state index is 0.118. The lowest BCUT2D eigenvalue weighted by molar-refractivity contribution is 0.380. The number of aromatic hydroxyl groups is 1. The molecule has 3 aliphatic rings. The van der Waals surface area contributed by atoms with Crippen molar-refractivity contribution < 1.29 is 9.84 Å². The van der Waals surface area contributed by atoms with Crippen molar-refractivity contribution in [3.8, 4) is 35.5 Å². The molecule has 2 aromatic heterocycles. The van der Waals surface area contributed by atoms with E-state index in [0.717, 1.165) is 35.1 Å². The van der Waals surface area contributed by atoms with Crippen molar-refractivity contribution in [1.82, 2.24) is 30.2 Å². The first kappa shape index (κ1) is 25.3. The molecule has 0 amide bonds. The highest BCUT2D eigenvalue weighted by molar-refractivity contribution is 6.01. The normalized spacial score (nSPS) is 20.6. The maximum absolute atomic E-state index is 10.3. The number of nitrogens with zero attached hydrogens (tertiary/aromatic N) is 6. The number of hydrogen-bond donors (Lipinski definition) is 2. The van der Waals surface area contributed by atoms with Gasteiger partial charge < -0.3 is 25.0 Å². The number of fused-ring (bicyclic) bond motifs is 4. The van der Waals surface area contributed by atoms with Gasteiger partial charge in [-0.1, -0.05) is 18.1 Å². The lowest BCUT2D eigenvalue weighted by atomic mass is 9.98. The Bertz CT molecular complexity index is 1550. The van der Waals surface area contributed by atoms with Crippen molar-refractivity contribution in [3.05, 3.63) is 42.1 Å². The van der Waals surface area contributed by atoms with Gasteiger partial charge in [0.2, 0.25) is 0 Å². The van der Waals surface area contributed by atoms with Crippen LogP contribution < -0.4 is 15.0 Å². The summed E-state index contributed by atoms with van der Waals surface area (Å²) < 4.78 is 5.40. The van der Waals surface area contributed by atoms with Gasteiger partial charge in [-0.3, -0.25) is 0 Å². The molecule has 0 saturated carbocycles. The van der Waals surface area contributed by atoms with Gasteiger partial charge in [-0.25, -0.2) is 9.97 Å². The van der Waals surface area contributed by atoms with Crippen LogP contribution in [0.3, 0.4) is 0 Å². The monoisotopic (exact) mass is 523 g/mol. The van der Waals surface area contributed by atoms with Crippen molar-refractivity contribution in [2.75, 3.05) is 45.2 Å². The largest absolute Gasteiger partial charge is 0.508 e. The van der Waals surface area contributed by atoms with Crippen LogP contribution in [0.25, 0.3) is 33.2 Å². The predicted octanol–water partition coefficient (Wildman–Crippen LogP) is 3.59. The van der Waals surface area contributed by atoms with Crippen LogP contribution in [0, 0.1) is 12.3 Å². The summed E-state index contributed by atoms with van der Waals surface area (Å²) >= 11 is 0. The Balaban J connectivity index is 0.000000410. The number of phenolic OH excluding ortho intramolecular Hbond substituents is 1. The van der Waals surface area contributed by atoms with Crippen LogP contribution in [0.1, 0.15) is 31.2 Å². The van der Waals surface area contributed by atoms with E-state index in [0.29, 0.717) is 34.7 Å². The van der Waals surface area contributed by atoms with Crippen LogP contribution in [0.15, 0.2) is 36.5 Å². The van der Waals surface area contributed by atoms with Crippen molar-refractivity contribution in [1.29, 1.82) is 0 Å². The quantitative estimate of drug-likeness (QED) is 0.390. The van der Waals surface area contributed by atoms with Gasteiger partial charge in [0.25, 0.3) is 0 Å². The predicted molar refractivity (Wildman–Crippen MR) is 153 cm³/mol. The van der Waals surface area contributed by atoms with Crippen molar-refractivity contribution in [2.45, 2.75) is 37.8 Å². The zero-order valence-corrected chi connectivity index (χ0v) is 22.4. The van der Waals surface area contributed by atoms with Crippen molar-refractivity contribution >= 4 is 27.6 Å². The van der Waals surface area contributed by atoms with E-state index in [-0.39, 0.29) is 11.8 Å². The third kappa shape index (κ3) is 5.05. The Hall–Kier alpha value is -4.00. The van der Waals surface area contributed by atoms with Crippen molar-refractivity contribution in [3.63, 3.8) is 0 Å². The summed E-state index contributed by atoms with van der Waals surface area (Å²) in [5.74, 6) is 4.06. The smallest absolute Gasteiger partial charge is 0.320 e. The number of anilines is 1. The Morgan fingerprint density at radius 2 is 1.85 bits per heavy atom. The molecule has 1 unspecified atom stereocenters. The number of rotatable bonds is 3. The lowest BCUT2D eigenvalue weighted by Gasteiger charge is -2.34. The second kappa shape index (κ2) is 10.6. The summed E-state index contributed by atoms with van der Waals surface area (Å²) in [7, 11) is 3.73. The van der Waals surface area contributed by atoms with Crippen LogP contribution >= 0.6 is 0 Å². The maximum atomic E-state index is 10.3. The lowest BCUT2D eigenvalue weighted by Crippen LogP contribution is -2.51. The molecule has 0 radical (unpaired) electrons. The van der Waals surface area contributed by atoms with Crippen LogP contribution in [0.5, 0.6) is 11.8 Å². The molecule has 9 heteroatoms. The molecular formula is C30H33N7O2. The summed E-state index contributed by atoms with van der Waals surface area (Å²) in [4.78, 5) is 23.2. The van der Waals surface area contributed by atoms with Gasteiger partial charge in [-0.15, -0.1) is 6.42 Å². The number of nitrogens with one attached hydrogen (secondary N) is 1. The van der Waals surface area contributed by atoms with Crippen LogP contribution in [-0.4, -0.2) is 82.4 Å². The number of terminal acetylenes is 1. The van der Waals surface area contributed by atoms with Crippen LogP contribution in [0.4, 0.5) is 5.82 Å². The highest BCUT2D eigenvalue weighted by atomic mass is 16.5. The van der Waals surface area contributed by atoms with E-state index >= 15 is 0 Å². The topological polar surface area (TPSA) is 99.5 Å². The molecule has 3 aliphatic heterocycles. The van der Waals surface area contributed by atoms with Gasteiger partial charge in [0, 0.05) is 47.9 Å². The molecule has 3 saturated heterocycles. The Kier molecular flexibility index (Phi) is 6.90. The Labute approximate surface area is 228 Å². The minimum atomic E-state index is 0.118. The first-order chi connectivity index (χ1) is 19.0. The van der Waals surface area contributed by atoms with Gasteiger partial charge in [0.15, 0.2) is 11.5 Å². The molecule has 9 nitrogen and oxygen atoms in total. The Morgan fingerprint density at radius 1 is 1.08 bits per heavy atom. The first-order valence-corrected chi connectivity index (χ1v) is 13.5. The molecule has 2 bridgehead atoms. The molecule has 0 aliphatic carbocycles. The van der Waals surface area contributed by atoms with Gasteiger partial charge in [0.1, 0.15) is 11.6 Å². The molecule has 2 N–H and O–H groups in total. The number of likely N-dealkylation sites (tertiary alicyclic amines) is 1. The highest BCUT2D eigenvalue weighted by Gasteiger charge is 2.34. The number of methoxy groups -OCH3 is 1. The zero-order chi connectivity index (χ0) is 26.9. The van der Waals surface area contributed by atoms with E-state index < -0.39 is 0 Å². The van der Waals surface area contributed by atoms with Crippen molar-refractivity contribution in [2.24, 2.45) is 0 Å². The fourth-order valence-corrected chi connectivity index (χ4v) is 5.90. The number of hydrogen-bond acceptors (Lipinski definition) is 9. The molecule has 4 aromatic rings. The van der Waals surface area contributed by atoms with Gasteiger partial charge in [-0.2, -0.15) is 9.97 Å². The van der Waals surface area contributed by atoms with E-state index in [2.05, 4.69) is 43.0 Å². The minimum Gasteiger partial charge on any atom is -0.508 e. The summed E-state index contributed by atoms with van der Waals surface area (Å²) in [6, 6.07) is 10.1. The summed E-state index contributed by atoms with van der Waals surface area (Å²) in [6.07, 6.45) is 12.7. The fraction of sp³-hybridized carbons (Fsp3) is 0.400. The van der Waals surface area contributed by atoms with E-state index in [4.69, 9.17) is 16.1 Å². The fourth-order valence-electron chi connectivity index (χ4n) is 5.90. The Morgan fingerprint density at radius 3 is 2.51 bits per heavy atom. The SMILES string of the molecule is C#Cc1cccc2cc(O)cc(-c3ncc4c(N5CC6CC[C@@H](C5)N6)nc(OC)nc4n3)c12.CN1CCCC1. The molecule has 7 rings (SSSR count). The van der Waals surface area contributed by atoms with E-state index in [1.54, 1.807) is 25.4 Å². The third-order valence-electron chi connectivity index (χ3n) is 7.80. The van der Waals surface area contributed by atoms with Gasteiger partial charge in [-0.05, 0) is 69.4 Å². The first-order valence-electron chi connectivity index (χ1n) is 13.5. The third-order valence-corrected chi connectivity index (χ3v) is 7.80. The number of piperazine rings is 1. The average molecular weight is 524 g/mol. The van der Waals surface area contributed by atoms with E-state index in [1.807, 2.05) is 18.2 Å². The van der Waals surface area contributed by atoms with Gasteiger partial charge >= 0.3 is 6.01 Å². The summed E-state index contributed by atoms with van der Waals surface area (Å²) in [6.45, 7) is 4.38. The molecular weight excluding hydrogens is 490 g/mol. The molecule has 0 spiro atoms. The molecule has 200 valence electrons. The van der Waals surface area contributed by atoms with Crippen LogP contribution in [0.2, 0.25) is 0 Å². The standard InChI is InChI=1S/C25H22N6O2.C5H11N/c1-3-14-5-4-6-15-9-18(32)10-19(21(14)15)22-26-11-20-23(28-22)29-25(33-2)30-24(20)31-12-16-7-8-17(13-31)27-16;1-6-4-2-3-5-6/h1,4-6,9-11,16-17,27,32H,7-8,12-13H2,2H3;2-5H2,1H3/t16-,17?;/m0./s1. The van der Waals surface area contributed by atoms with Gasteiger partial charge in [0.05, 0.1) is 12.5 Å². The maximum Gasteiger partial charge on any atom is 0.320 e. The second-order valence-corrected chi connectivity index (χ2v) is 10.6. The average Bonchev–Trinajstić information content (AvgIpc) is 3.58. The summed E-state index contributed by atoms with van der Waals surface area (Å²) in [5.41, 5.74) is 1.85. The number of aromatic nitrogens is 4.